The summed E-state index contributed by atoms with van der Waals surface area (Å²) < 4.78 is 5.72. The molecule has 102 valence electrons. The number of nitrogens with two attached hydrogens (primary N) is 1. The Balaban J connectivity index is 3.09. The Morgan fingerprint density at radius 2 is 2.11 bits per heavy atom. The molecule has 1 aromatic heterocycles. The fourth-order valence-electron chi connectivity index (χ4n) is 1.50. The van der Waals surface area contributed by atoms with E-state index in [1.807, 2.05) is 20.8 Å². The van der Waals surface area contributed by atoms with E-state index in [-0.39, 0.29) is 11.9 Å². The van der Waals surface area contributed by atoms with Crippen LogP contribution in [0, 0.1) is 0 Å². The van der Waals surface area contributed by atoms with Gasteiger partial charge in [-0.1, -0.05) is 13.8 Å². The zero-order chi connectivity index (χ0) is 13.7. The average molecular weight is 270 g/mol. The Morgan fingerprint density at radius 1 is 1.44 bits per heavy atom. The molecule has 0 radical (unpaired) electrons. The lowest BCUT2D eigenvalue weighted by Crippen LogP contribution is -2.09. The molecule has 0 spiro atoms. The predicted octanol–water partition coefficient (Wildman–Crippen LogP) is 3.53. The van der Waals surface area contributed by atoms with Crippen molar-refractivity contribution in [3.05, 3.63) is 4.88 Å². The molecule has 0 atom stereocenters. The lowest BCUT2D eigenvalue weighted by atomic mass is 10.2. The van der Waals surface area contributed by atoms with Gasteiger partial charge in [-0.25, -0.2) is 0 Å². The summed E-state index contributed by atoms with van der Waals surface area (Å²) >= 11 is 1.39. The number of ketones is 1. The summed E-state index contributed by atoms with van der Waals surface area (Å²) in [6.07, 6.45) is 1.50. The Morgan fingerprint density at radius 3 is 2.61 bits per heavy atom. The van der Waals surface area contributed by atoms with Crippen LogP contribution in [0.25, 0.3) is 0 Å². The molecule has 0 saturated heterocycles. The molecular weight excluding hydrogens is 248 g/mol. The minimum absolute atomic E-state index is 0.0358. The van der Waals surface area contributed by atoms with Crippen molar-refractivity contribution in [2.24, 2.45) is 0 Å². The summed E-state index contributed by atoms with van der Waals surface area (Å²) in [4.78, 5) is 12.4. The first-order valence-electron chi connectivity index (χ1n) is 6.37. The van der Waals surface area contributed by atoms with E-state index in [0.717, 1.165) is 18.0 Å². The third-order valence-corrected chi connectivity index (χ3v) is 3.55. The molecule has 3 N–H and O–H groups in total. The monoisotopic (exact) mass is 270 g/mol. The minimum Gasteiger partial charge on any atom is -0.486 e. The molecule has 1 aromatic rings. The average Bonchev–Trinajstić information content (AvgIpc) is 2.63. The fourth-order valence-corrected chi connectivity index (χ4v) is 2.59. The van der Waals surface area contributed by atoms with Crippen molar-refractivity contribution in [3.63, 3.8) is 0 Å². The van der Waals surface area contributed by atoms with Gasteiger partial charge < -0.3 is 15.8 Å². The van der Waals surface area contributed by atoms with Crippen molar-refractivity contribution in [3.8, 4) is 5.75 Å². The van der Waals surface area contributed by atoms with E-state index in [1.54, 1.807) is 0 Å². The zero-order valence-electron chi connectivity index (χ0n) is 11.5. The second-order valence-electron chi connectivity index (χ2n) is 4.37. The summed E-state index contributed by atoms with van der Waals surface area (Å²) in [5, 5.41) is 4.13. The van der Waals surface area contributed by atoms with Crippen molar-refractivity contribution >= 4 is 27.8 Å². The number of rotatable bonds is 7. The molecule has 0 unspecified atom stereocenters. The molecule has 1 rings (SSSR count). The van der Waals surface area contributed by atoms with Crippen LogP contribution in [0.3, 0.4) is 0 Å². The highest BCUT2D eigenvalue weighted by Crippen LogP contribution is 2.43. The van der Waals surface area contributed by atoms with Gasteiger partial charge in [0.25, 0.3) is 0 Å². The topological polar surface area (TPSA) is 64.4 Å². The number of thiophene rings is 1. The molecular formula is C13H22N2O2S. The highest BCUT2D eigenvalue weighted by Gasteiger charge is 2.21. The lowest BCUT2D eigenvalue weighted by molar-refractivity contribution is 0.0992. The molecule has 0 saturated carbocycles. The number of anilines is 2. The van der Waals surface area contributed by atoms with Gasteiger partial charge in [-0.05, 0) is 20.3 Å². The number of nitrogen functional groups attached to an aromatic ring is 1. The van der Waals surface area contributed by atoms with Gasteiger partial charge in [-0.2, -0.15) is 0 Å². The number of hydrogen-bond donors (Lipinski definition) is 2. The summed E-state index contributed by atoms with van der Waals surface area (Å²) in [7, 11) is 0. The number of hydrogen-bond acceptors (Lipinski definition) is 5. The van der Waals surface area contributed by atoms with E-state index in [0.29, 0.717) is 22.7 Å². The molecule has 5 heteroatoms. The number of nitrogens with one attached hydrogen (secondary N) is 1. The highest BCUT2D eigenvalue weighted by molar-refractivity contribution is 7.19. The fraction of sp³-hybridized carbons (Fsp3) is 0.615. The summed E-state index contributed by atoms with van der Waals surface area (Å²) in [5.74, 6) is 0.691. The molecule has 0 fully saturated rings. The van der Waals surface area contributed by atoms with Crippen LogP contribution < -0.4 is 15.8 Å². The maximum absolute atomic E-state index is 11.8. The van der Waals surface area contributed by atoms with Gasteiger partial charge in [0.1, 0.15) is 5.00 Å². The van der Waals surface area contributed by atoms with Crippen molar-refractivity contribution in [2.75, 3.05) is 17.6 Å². The summed E-state index contributed by atoms with van der Waals surface area (Å²) in [6, 6.07) is 0. The van der Waals surface area contributed by atoms with Crippen molar-refractivity contribution in [1.29, 1.82) is 0 Å². The molecule has 18 heavy (non-hydrogen) atoms. The zero-order valence-corrected chi connectivity index (χ0v) is 12.3. The van der Waals surface area contributed by atoms with Crippen LogP contribution >= 0.6 is 11.3 Å². The molecule has 0 aliphatic heterocycles. The smallest absolute Gasteiger partial charge is 0.177 e. The summed E-state index contributed by atoms with van der Waals surface area (Å²) in [5.41, 5.74) is 6.50. The van der Waals surface area contributed by atoms with Crippen LogP contribution in [-0.2, 0) is 0 Å². The van der Waals surface area contributed by atoms with Gasteiger partial charge >= 0.3 is 0 Å². The van der Waals surface area contributed by atoms with Crippen LogP contribution in [0.4, 0.5) is 10.7 Å². The van der Waals surface area contributed by atoms with Crippen LogP contribution in [0.5, 0.6) is 5.75 Å². The molecule has 0 bridgehead atoms. The number of carbonyl (C=O) groups excluding carboxylic acids is 1. The van der Waals surface area contributed by atoms with Gasteiger partial charge in [0, 0.05) is 13.0 Å². The molecule has 0 aromatic carbocycles. The highest BCUT2D eigenvalue weighted by atomic mass is 32.1. The van der Waals surface area contributed by atoms with Gasteiger partial charge in [0.2, 0.25) is 0 Å². The van der Waals surface area contributed by atoms with Crippen LogP contribution in [0.15, 0.2) is 0 Å². The van der Waals surface area contributed by atoms with Crippen molar-refractivity contribution in [2.45, 2.75) is 46.6 Å². The molecule has 0 amide bonds. The standard InChI is InChI=1S/C13H22N2O2S/c1-5-7-15-13-11(17-8(3)4)10(14)12(18-13)9(16)6-2/h8,15H,5-7,14H2,1-4H3. The third kappa shape index (κ3) is 3.38. The van der Waals surface area contributed by atoms with Crippen molar-refractivity contribution in [1.82, 2.24) is 0 Å². The SMILES string of the molecule is CCCNc1sc(C(=O)CC)c(N)c1OC(C)C. The van der Waals surface area contributed by atoms with E-state index in [1.165, 1.54) is 11.3 Å². The second kappa shape index (κ2) is 6.64. The van der Waals surface area contributed by atoms with Gasteiger partial charge in [0.05, 0.1) is 16.7 Å². The first kappa shape index (κ1) is 14.8. The van der Waals surface area contributed by atoms with E-state index in [2.05, 4.69) is 12.2 Å². The second-order valence-corrected chi connectivity index (χ2v) is 5.39. The van der Waals surface area contributed by atoms with Gasteiger partial charge in [-0.15, -0.1) is 11.3 Å². The predicted molar refractivity (Wildman–Crippen MR) is 77.9 cm³/mol. The number of ether oxygens (including phenoxy) is 1. The molecule has 0 aliphatic rings. The Labute approximate surface area is 113 Å². The quantitative estimate of drug-likeness (QED) is 0.744. The third-order valence-electron chi connectivity index (χ3n) is 2.36. The summed E-state index contributed by atoms with van der Waals surface area (Å²) in [6.45, 7) is 8.66. The van der Waals surface area contributed by atoms with Crippen molar-refractivity contribution < 1.29 is 9.53 Å². The van der Waals surface area contributed by atoms with E-state index in [9.17, 15) is 4.79 Å². The Bertz CT molecular complexity index is 413. The van der Waals surface area contributed by atoms with E-state index in [4.69, 9.17) is 10.5 Å². The Kier molecular flexibility index (Phi) is 5.47. The number of Topliss-reactive ketones (excluding diaryl/α,β-unsaturated/α-hetero) is 1. The van der Waals surface area contributed by atoms with Crippen LogP contribution in [-0.4, -0.2) is 18.4 Å². The van der Waals surface area contributed by atoms with E-state index < -0.39 is 0 Å². The maximum Gasteiger partial charge on any atom is 0.177 e. The number of carbonyl (C=O) groups is 1. The minimum atomic E-state index is 0.0358. The normalized spacial score (nSPS) is 10.7. The first-order chi connectivity index (χ1) is 8.51. The first-order valence-corrected chi connectivity index (χ1v) is 7.18. The Hall–Kier alpha value is -1.23. The molecule has 0 aliphatic carbocycles. The van der Waals surface area contributed by atoms with Crippen LogP contribution in [0.1, 0.15) is 50.2 Å². The molecule has 4 nitrogen and oxygen atoms in total. The van der Waals surface area contributed by atoms with Crippen LogP contribution in [0.2, 0.25) is 0 Å². The van der Waals surface area contributed by atoms with E-state index >= 15 is 0 Å². The molecule has 1 heterocycles. The van der Waals surface area contributed by atoms with Gasteiger partial charge in [0.15, 0.2) is 11.5 Å². The lowest BCUT2D eigenvalue weighted by Gasteiger charge is -2.12. The largest absolute Gasteiger partial charge is 0.486 e. The maximum atomic E-state index is 11.8. The van der Waals surface area contributed by atoms with Gasteiger partial charge in [-0.3, -0.25) is 4.79 Å².